The molecule has 0 unspecified atom stereocenters. The van der Waals surface area contributed by atoms with E-state index in [4.69, 9.17) is 0 Å². The van der Waals surface area contributed by atoms with Crippen molar-refractivity contribution in [3.8, 4) is 0 Å². The maximum Gasteiger partial charge on any atom is 0.327 e. The zero-order valence-corrected chi connectivity index (χ0v) is 6.21. The molecule has 0 bridgehead atoms. The molecule has 0 aromatic heterocycles. The number of halogens is 1. The van der Waals surface area contributed by atoms with E-state index < -0.39 is 12.7 Å². The first-order valence-electron chi connectivity index (χ1n) is 3.28. The van der Waals surface area contributed by atoms with E-state index in [-0.39, 0.29) is 19.0 Å². The molecule has 0 aliphatic carbocycles. The van der Waals surface area contributed by atoms with Crippen LogP contribution >= 0.6 is 0 Å². The van der Waals surface area contributed by atoms with Crippen LogP contribution in [-0.2, 0) is 4.79 Å². The molecule has 0 aromatic carbocycles. The van der Waals surface area contributed by atoms with Crippen molar-refractivity contribution in [2.45, 2.75) is 0 Å². The summed E-state index contributed by atoms with van der Waals surface area (Å²) >= 11 is 0. The Hall–Kier alpha value is -1.13. The molecular weight excluding hydrogens is 151 g/mol. The lowest BCUT2D eigenvalue weighted by atomic mass is 10.5. The van der Waals surface area contributed by atoms with Crippen LogP contribution in [0, 0.1) is 0 Å². The largest absolute Gasteiger partial charge is 0.327 e. The third-order valence-electron chi connectivity index (χ3n) is 1.54. The maximum absolute atomic E-state index is 11.8. The molecule has 4 nitrogen and oxygen atoms in total. The number of likely N-dealkylation sites (N-methyl/N-ethyl adjacent to an activating group) is 1. The Kier molecular flexibility index (Phi) is 2.07. The second-order valence-electron chi connectivity index (χ2n) is 2.37. The van der Waals surface area contributed by atoms with Crippen molar-refractivity contribution in [3.63, 3.8) is 0 Å². The number of hydrogen-bond donors (Lipinski definition) is 0. The van der Waals surface area contributed by atoms with Gasteiger partial charge in [-0.3, -0.25) is 9.69 Å². The van der Waals surface area contributed by atoms with Gasteiger partial charge in [-0.15, -0.1) is 0 Å². The zero-order valence-electron chi connectivity index (χ0n) is 6.21. The third kappa shape index (κ3) is 1.31. The first kappa shape index (κ1) is 7.97. The molecule has 1 aliphatic heterocycles. The Morgan fingerprint density at radius 2 is 2.18 bits per heavy atom. The van der Waals surface area contributed by atoms with Crippen molar-refractivity contribution in [2.75, 3.05) is 26.8 Å². The van der Waals surface area contributed by atoms with Gasteiger partial charge in [-0.05, 0) is 0 Å². The van der Waals surface area contributed by atoms with Gasteiger partial charge in [0.25, 0.3) is 0 Å². The van der Waals surface area contributed by atoms with Gasteiger partial charge in [0.1, 0.15) is 13.2 Å². The summed E-state index contributed by atoms with van der Waals surface area (Å²) in [6.07, 6.45) is 0. The van der Waals surface area contributed by atoms with Crippen molar-refractivity contribution >= 4 is 11.9 Å². The molecule has 11 heavy (non-hydrogen) atoms. The fourth-order valence-electron chi connectivity index (χ4n) is 0.973. The van der Waals surface area contributed by atoms with Gasteiger partial charge >= 0.3 is 6.03 Å². The number of hydrogen-bond acceptors (Lipinski definition) is 2. The summed E-state index contributed by atoms with van der Waals surface area (Å²) in [6, 6.07) is -0.410. The molecule has 1 heterocycles. The van der Waals surface area contributed by atoms with Gasteiger partial charge in [-0.1, -0.05) is 0 Å². The number of imide groups is 1. The fraction of sp³-hybridized carbons (Fsp3) is 0.667. The van der Waals surface area contributed by atoms with Crippen molar-refractivity contribution < 1.29 is 14.0 Å². The quantitative estimate of drug-likeness (QED) is 0.527. The number of alkyl halides is 1. The molecule has 0 radical (unpaired) electrons. The lowest BCUT2D eigenvalue weighted by Crippen LogP contribution is -2.33. The van der Waals surface area contributed by atoms with Crippen LogP contribution in [0.2, 0.25) is 0 Å². The van der Waals surface area contributed by atoms with Gasteiger partial charge in [-0.2, -0.15) is 0 Å². The van der Waals surface area contributed by atoms with Crippen molar-refractivity contribution in [2.24, 2.45) is 0 Å². The normalized spacial score (nSPS) is 18.4. The summed E-state index contributed by atoms with van der Waals surface area (Å²) in [7, 11) is 1.51. The topological polar surface area (TPSA) is 40.6 Å². The third-order valence-corrected chi connectivity index (χ3v) is 1.54. The zero-order chi connectivity index (χ0) is 8.43. The smallest absolute Gasteiger partial charge is 0.318 e. The lowest BCUT2D eigenvalue weighted by molar-refractivity contribution is -0.125. The van der Waals surface area contributed by atoms with Crippen molar-refractivity contribution in [3.05, 3.63) is 0 Å². The Morgan fingerprint density at radius 3 is 2.55 bits per heavy atom. The second-order valence-corrected chi connectivity index (χ2v) is 2.37. The first-order chi connectivity index (χ1) is 5.16. The summed E-state index contributed by atoms with van der Waals surface area (Å²) in [4.78, 5) is 24.0. The summed E-state index contributed by atoms with van der Waals surface area (Å²) < 4.78 is 11.8. The maximum atomic E-state index is 11.8. The molecule has 0 spiro atoms. The number of rotatable bonds is 2. The Bertz CT molecular complexity index is 195. The van der Waals surface area contributed by atoms with Crippen LogP contribution in [0.4, 0.5) is 9.18 Å². The monoisotopic (exact) mass is 160 g/mol. The first-order valence-corrected chi connectivity index (χ1v) is 3.28. The van der Waals surface area contributed by atoms with E-state index in [0.717, 1.165) is 4.90 Å². The Labute approximate surface area is 63.6 Å². The summed E-state index contributed by atoms with van der Waals surface area (Å²) in [5.41, 5.74) is 0. The summed E-state index contributed by atoms with van der Waals surface area (Å²) in [5, 5.41) is 0. The van der Waals surface area contributed by atoms with Crippen LogP contribution in [0.25, 0.3) is 0 Å². The van der Waals surface area contributed by atoms with Gasteiger partial charge in [-0.25, -0.2) is 9.18 Å². The predicted molar refractivity (Wildman–Crippen MR) is 35.7 cm³/mol. The molecule has 0 saturated carbocycles. The predicted octanol–water partition coefficient (Wildman–Crippen LogP) is -0.150. The summed E-state index contributed by atoms with van der Waals surface area (Å²) in [6.45, 7) is -0.730. The molecular formula is C6H9FN2O2. The highest BCUT2D eigenvalue weighted by atomic mass is 19.1. The number of amides is 3. The number of urea groups is 1. The van der Waals surface area contributed by atoms with E-state index in [1.54, 1.807) is 0 Å². The minimum atomic E-state index is -0.675. The SMILES string of the molecule is CN1CC(=O)N(CCF)C1=O. The van der Waals surface area contributed by atoms with Gasteiger partial charge < -0.3 is 4.90 Å². The molecule has 3 amide bonds. The standard InChI is InChI=1S/C6H9FN2O2/c1-8-4-5(10)9(3-2-7)6(8)11/h2-4H2,1H3. The van der Waals surface area contributed by atoms with E-state index in [9.17, 15) is 14.0 Å². The van der Waals surface area contributed by atoms with E-state index in [0.29, 0.717) is 0 Å². The molecule has 5 heteroatoms. The van der Waals surface area contributed by atoms with Crippen LogP contribution in [0.3, 0.4) is 0 Å². The summed E-state index contributed by atoms with van der Waals surface area (Å²) in [5.74, 6) is -0.324. The average molecular weight is 160 g/mol. The highest BCUT2D eigenvalue weighted by Gasteiger charge is 2.32. The molecule has 0 N–H and O–H groups in total. The van der Waals surface area contributed by atoms with Crippen LogP contribution in [0.5, 0.6) is 0 Å². The minimum Gasteiger partial charge on any atom is -0.318 e. The van der Waals surface area contributed by atoms with Crippen LogP contribution in [-0.4, -0.2) is 48.5 Å². The molecule has 1 rings (SSSR count). The number of carbonyl (C=O) groups excluding carboxylic acids is 2. The molecule has 0 atom stereocenters. The molecule has 1 saturated heterocycles. The molecule has 62 valence electrons. The average Bonchev–Trinajstić information content (AvgIpc) is 2.17. The van der Waals surface area contributed by atoms with E-state index in [2.05, 4.69) is 0 Å². The molecule has 1 aliphatic rings. The van der Waals surface area contributed by atoms with Crippen molar-refractivity contribution in [1.29, 1.82) is 0 Å². The van der Waals surface area contributed by atoms with E-state index >= 15 is 0 Å². The number of nitrogens with zero attached hydrogens (tertiary/aromatic N) is 2. The van der Waals surface area contributed by atoms with Crippen molar-refractivity contribution in [1.82, 2.24) is 9.80 Å². The second kappa shape index (κ2) is 2.86. The Balaban J connectivity index is 2.64. The van der Waals surface area contributed by atoms with Gasteiger partial charge in [0.05, 0.1) is 6.54 Å². The lowest BCUT2D eigenvalue weighted by Gasteiger charge is -2.10. The van der Waals surface area contributed by atoms with E-state index in [1.807, 2.05) is 0 Å². The van der Waals surface area contributed by atoms with Gasteiger partial charge in [0.2, 0.25) is 5.91 Å². The highest BCUT2D eigenvalue weighted by Crippen LogP contribution is 2.06. The van der Waals surface area contributed by atoms with Crippen LogP contribution < -0.4 is 0 Å². The van der Waals surface area contributed by atoms with E-state index in [1.165, 1.54) is 11.9 Å². The highest BCUT2D eigenvalue weighted by molar-refractivity contribution is 6.01. The minimum absolute atomic E-state index is 0.0683. The number of carbonyl (C=O) groups is 2. The Morgan fingerprint density at radius 1 is 1.55 bits per heavy atom. The molecule has 1 fully saturated rings. The molecule has 0 aromatic rings. The fourth-order valence-corrected chi connectivity index (χ4v) is 0.973. The van der Waals surface area contributed by atoms with Crippen LogP contribution in [0.1, 0.15) is 0 Å². The van der Waals surface area contributed by atoms with Gasteiger partial charge in [0.15, 0.2) is 0 Å². The van der Waals surface area contributed by atoms with Crippen LogP contribution in [0.15, 0.2) is 0 Å². The van der Waals surface area contributed by atoms with Gasteiger partial charge in [0, 0.05) is 7.05 Å².